The normalized spacial score (nSPS) is 12.7. The molecule has 0 atom stereocenters. The first-order valence-corrected chi connectivity index (χ1v) is 9.74. The third kappa shape index (κ3) is 7.76. The van der Waals surface area contributed by atoms with Crippen LogP contribution in [0.15, 0.2) is 18.2 Å². The summed E-state index contributed by atoms with van der Waals surface area (Å²) in [5, 5.41) is 3.62. The molecule has 0 aliphatic heterocycles. The Labute approximate surface area is 150 Å². The third-order valence-electron chi connectivity index (χ3n) is 4.32. The smallest absolute Gasteiger partial charge is 0.0205 e. The number of hydrogen-bond acceptors (Lipinski definition) is 2. The second kappa shape index (κ2) is 9.13. The molecule has 0 amide bonds. The summed E-state index contributed by atoms with van der Waals surface area (Å²) in [6.45, 7) is 15.9. The Hall–Kier alpha value is -0.470. The highest BCUT2D eigenvalue weighted by Crippen LogP contribution is 2.30. The molecule has 0 radical (unpaired) electrons. The van der Waals surface area contributed by atoms with Gasteiger partial charge in [-0.25, -0.2) is 0 Å². The zero-order valence-electron chi connectivity index (χ0n) is 16.1. The maximum atomic E-state index is 4.26. The molecular formula is C21H37NS. The minimum absolute atomic E-state index is 0.197. The molecule has 0 saturated carbocycles. The first-order valence-electron chi connectivity index (χ1n) is 9.11. The zero-order valence-corrected chi connectivity index (χ0v) is 17.0. The molecule has 1 N–H and O–H groups in total. The van der Waals surface area contributed by atoms with E-state index in [1.54, 1.807) is 0 Å². The van der Waals surface area contributed by atoms with Crippen molar-refractivity contribution >= 4 is 12.6 Å². The molecule has 1 aromatic carbocycles. The Kier molecular flexibility index (Phi) is 8.17. The van der Waals surface area contributed by atoms with Gasteiger partial charge in [0.15, 0.2) is 0 Å². The summed E-state index contributed by atoms with van der Waals surface area (Å²) in [6.07, 6.45) is 5.12. The van der Waals surface area contributed by atoms with Gasteiger partial charge in [0.1, 0.15) is 0 Å². The first kappa shape index (κ1) is 20.6. The van der Waals surface area contributed by atoms with Gasteiger partial charge in [0.2, 0.25) is 0 Å². The molecule has 0 unspecified atom stereocenters. The molecule has 1 aromatic rings. The van der Waals surface area contributed by atoms with Crippen LogP contribution in [0.25, 0.3) is 0 Å². The molecule has 23 heavy (non-hydrogen) atoms. The van der Waals surface area contributed by atoms with Crippen LogP contribution in [0.3, 0.4) is 0 Å². The fraction of sp³-hybridized carbons (Fsp3) is 0.714. The van der Waals surface area contributed by atoms with Crippen LogP contribution >= 0.6 is 12.6 Å². The van der Waals surface area contributed by atoms with Crippen LogP contribution in [0, 0.1) is 0 Å². The summed E-state index contributed by atoms with van der Waals surface area (Å²) in [5.41, 5.74) is 4.69. The Bertz CT molecular complexity index is 433. The molecule has 1 nitrogen and oxygen atoms in total. The molecule has 0 spiro atoms. The zero-order chi connectivity index (χ0) is 17.5. The molecule has 0 aliphatic carbocycles. The summed E-state index contributed by atoms with van der Waals surface area (Å²) < 4.78 is 0. The van der Waals surface area contributed by atoms with Crippen LogP contribution in [0.2, 0.25) is 0 Å². The molecule has 0 fully saturated rings. The SMILES string of the molecule is CC(C)(C)c1cc(CNCCCCCCS)cc(C(C)(C)C)c1. The van der Waals surface area contributed by atoms with Crippen LogP contribution in [0.1, 0.15) is 83.9 Å². The van der Waals surface area contributed by atoms with Gasteiger partial charge in [0.05, 0.1) is 0 Å². The van der Waals surface area contributed by atoms with Crippen molar-refractivity contribution in [2.75, 3.05) is 12.3 Å². The van der Waals surface area contributed by atoms with Crippen LogP contribution in [-0.4, -0.2) is 12.3 Å². The first-order chi connectivity index (χ1) is 10.6. The fourth-order valence-electron chi connectivity index (χ4n) is 2.61. The van der Waals surface area contributed by atoms with E-state index in [2.05, 4.69) is 77.7 Å². The minimum Gasteiger partial charge on any atom is -0.313 e. The van der Waals surface area contributed by atoms with E-state index >= 15 is 0 Å². The molecule has 0 heterocycles. The number of benzene rings is 1. The van der Waals surface area contributed by atoms with Crippen molar-refractivity contribution in [3.8, 4) is 0 Å². The minimum atomic E-state index is 0.197. The van der Waals surface area contributed by atoms with Gasteiger partial charge in [-0.3, -0.25) is 0 Å². The lowest BCUT2D eigenvalue weighted by molar-refractivity contribution is 0.562. The highest BCUT2D eigenvalue weighted by molar-refractivity contribution is 7.80. The summed E-state index contributed by atoms with van der Waals surface area (Å²) in [6, 6.07) is 7.15. The van der Waals surface area contributed by atoms with Gasteiger partial charge in [-0.1, -0.05) is 72.6 Å². The summed E-state index contributed by atoms with van der Waals surface area (Å²) in [5.74, 6) is 1.02. The van der Waals surface area contributed by atoms with Crippen molar-refractivity contribution in [1.29, 1.82) is 0 Å². The molecule has 0 saturated heterocycles. The molecule has 0 aromatic heterocycles. The van der Waals surface area contributed by atoms with Crippen molar-refractivity contribution in [3.05, 3.63) is 34.9 Å². The van der Waals surface area contributed by atoms with E-state index in [0.717, 1.165) is 18.8 Å². The number of rotatable bonds is 8. The maximum Gasteiger partial charge on any atom is 0.0205 e. The van der Waals surface area contributed by atoms with E-state index in [1.807, 2.05) is 0 Å². The molecule has 2 heteroatoms. The highest BCUT2D eigenvalue weighted by atomic mass is 32.1. The second-order valence-electron chi connectivity index (χ2n) is 8.73. The van der Waals surface area contributed by atoms with Gasteiger partial charge in [-0.05, 0) is 52.7 Å². The van der Waals surface area contributed by atoms with E-state index in [4.69, 9.17) is 0 Å². The summed E-state index contributed by atoms with van der Waals surface area (Å²) in [7, 11) is 0. The summed E-state index contributed by atoms with van der Waals surface area (Å²) >= 11 is 4.26. The van der Waals surface area contributed by atoms with Crippen molar-refractivity contribution in [2.24, 2.45) is 0 Å². The van der Waals surface area contributed by atoms with Gasteiger partial charge in [0, 0.05) is 6.54 Å². The van der Waals surface area contributed by atoms with Crippen molar-refractivity contribution in [1.82, 2.24) is 5.32 Å². The fourth-order valence-corrected chi connectivity index (χ4v) is 2.83. The Morgan fingerprint density at radius 1 is 0.783 bits per heavy atom. The molecule has 0 aliphatic rings. The lowest BCUT2D eigenvalue weighted by Gasteiger charge is -2.26. The van der Waals surface area contributed by atoms with Gasteiger partial charge in [-0.2, -0.15) is 12.6 Å². The second-order valence-corrected chi connectivity index (χ2v) is 9.18. The monoisotopic (exact) mass is 335 g/mol. The Balaban J connectivity index is 2.67. The number of hydrogen-bond donors (Lipinski definition) is 2. The number of nitrogens with one attached hydrogen (secondary N) is 1. The lowest BCUT2D eigenvalue weighted by Crippen LogP contribution is -2.19. The average Bonchev–Trinajstić information content (AvgIpc) is 2.44. The van der Waals surface area contributed by atoms with Crippen molar-refractivity contribution in [3.63, 3.8) is 0 Å². The van der Waals surface area contributed by atoms with Gasteiger partial charge in [-0.15, -0.1) is 0 Å². The molecule has 132 valence electrons. The molecular weight excluding hydrogens is 298 g/mol. The van der Waals surface area contributed by atoms with Crippen LogP contribution in [0.5, 0.6) is 0 Å². The molecule has 1 rings (SSSR count). The Morgan fingerprint density at radius 3 is 1.78 bits per heavy atom. The predicted molar refractivity (Wildman–Crippen MR) is 108 cm³/mol. The van der Waals surface area contributed by atoms with Crippen LogP contribution in [0.4, 0.5) is 0 Å². The van der Waals surface area contributed by atoms with E-state index in [1.165, 1.54) is 42.4 Å². The predicted octanol–water partition coefficient (Wildman–Crippen LogP) is 5.86. The van der Waals surface area contributed by atoms with E-state index in [-0.39, 0.29) is 10.8 Å². The van der Waals surface area contributed by atoms with Crippen molar-refractivity contribution in [2.45, 2.75) is 84.6 Å². The van der Waals surface area contributed by atoms with Gasteiger partial charge in [0.25, 0.3) is 0 Å². The molecule has 0 bridgehead atoms. The maximum absolute atomic E-state index is 4.26. The largest absolute Gasteiger partial charge is 0.313 e. The van der Waals surface area contributed by atoms with E-state index in [0.29, 0.717) is 0 Å². The lowest BCUT2D eigenvalue weighted by atomic mass is 9.79. The number of thiol groups is 1. The van der Waals surface area contributed by atoms with Crippen LogP contribution < -0.4 is 5.32 Å². The summed E-state index contributed by atoms with van der Waals surface area (Å²) in [4.78, 5) is 0. The van der Waals surface area contributed by atoms with Gasteiger partial charge < -0.3 is 5.32 Å². The average molecular weight is 336 g/mol. The topological polar surface area (TPSA) is 12.0 Å². The number of unbranched alkanes of at least 4 members (excludes halogenated alkanes) is 3. The van der Waals surface area contributed by atoms with Gasteiger partial charge >= 0.3 is 0 Å². The van der Waals surface area contributed by atoms with Crippen LogP contribution in [-0.2, 0) is 17.4 Å². The quantitative estimate of drug-likeness (QED) is 0.448. The standard InChI is InChI=1S/C21H37NS/c1-20(2,3)18-13-17(14-19(15-18)21(4,5)6)16-22-11-9-7-8-10-12-23/h13-15,22-23H,7-12,16H2,1-6H3. The third-order valence-corrected chi connectivity index (χ3v) is 4.63. The van der Waals surface area contributed by atoms with E-state index < -0.39 is 0 Å². The Morgan fingerprint density at radius 2 is 1.30 bits per heavy atom. The van der Waals surface area contributed by atoms with E-state index in [9.17, 15) is 0 Å². The highest BCUT2D eigenvalue weighted by Gasteiger charge is 2.20. The van der Waals surface area contributed by atoms with Crippen molar-refractivity contribution < 1.29 is 0 Å².